The Labute approximate surface area is 141 Å². The number of hydrogen-bond donors (Lipinski definition) is 2. The Balaban J connectivity index is 1.59. The molecule has 1 aliphatic rings. The number of aliphatic imine (C=N–C) groups is 1. The fraction of sp³-hybridized carbons (Fsp3) is 0.375. The van der Waals surface area contributed by atoms with Crippen molar-refractivity contribution in [3.8, 4) is 5.75 Å². The van der Waals surface area contributed by atoms with E-state index >= 15 is 0 Å². The number of fused-ring (bicyclic) bond motifs is 1. The second-order valence-electron chi connectivity index (χ2n) is 5.64. The smallest absolute Gasteiger partial charge is 0.406 e. The summed E-state index contributed by atoms with van der Waals surface area (Å²) in [4.78, 5) is 4.20. The van der Waals surface area contributed by atoms with Gasteiger partial charge in [0.1, 0.15) is 17.2 Å². The van der Waals surface area contributed by atoms with Crippen molar-refractivity contribution < 1.29 is 22.4 Å². The number of aromatic nitrogens is 1. The van der Waals surface area contributed by atoms with Gasteiger partial charge in [0.15, 0.2) is 5.96 Å². The molecule has 0 fully saturated rings. The molecule has 3 N–H and O–H groups in total. The van der Waals surface area contributed by atoms with Gasteiger partial charge in [0.25, 0.3) is 0 Å². The average Bonchev–Trinajstić information content (AvgIpc) is 2.97. The minimum Gasteiger partial charge on any atom is -0.406 e. The van der Waals surface area contributed by atoms with E-state index in [1.54, 1.807) is 0 Å². The summed E-state index contributed by atoms with van der Waals surface area (Å²) in [6.07, 6.45) is -0.691. The molecule has 3 rings (SSSR count). The van der Waals surface area contributed by atoms with Gasteiger partial charge < -0.3 is 20.3 Å². The molecule has 0 bridgehead atoms. The Morgan fingerprint density at radius 2 is 1.96 bits per heavy atom. The van der Waals surface area contributed by atoms with Gasteiger partial charge in [-0.05, 0) is 43.5 Å². The lowest BCUT2D eigenvalue weighted by molar-refractivity contribution is -0.274. The van der Waals surface area contributed by atoms with Gasteiger partial charge in [-0.3, -0.25) is 0 Å². The maximum Gasteiger partial charge on any atom is 0.573 e. The molecule has 1 aromatic heterocycles. The Morgan fingerprint density at radius 3 is 2.68 bits per heavy atom. The summed E-state index contributed by atoms with van der Waals surface area (Å²) in [7, 11) is 0. The first-order valence-corrected chi connectivity index (χ1v) is 7.80. The highest BCUT2D eigenvalue weighted by Crippen LogP contribution is 2.25. The molecule has 1 aromatic carbocycles. The molecule has 0 unspecified atom stereocenters. The summed E-state index contributed by atoms with van der Waals surface area (Å²) in [5.41, 5.74) is 8.19. The molecule has 6 nitrogen and oxygen atoms in total. The lowest BCUT2D eigenvalue weighted by Crippen LogP contribution is -2.22. The highest BCUT2D eigenvalue weighted by atomic mass is 19.4. The van der Waals surface area contributed by atoms with Crippen molar-refractivity contribution >= 4 is 11.6 Å². The summed E-state index contributed by atoms with van der Waals surface area (Å²) < 4.78 is 45.5. The number of hydrogen-bond acceptors (Lipinski definition) is 4. The van der Waals surface area contributed by atoms with Crippen LogP contribution < -0.4 is 15.8 Å². The monoisotopic (exact) mass is 354 g/mol. The molecule has 25 heavy (non-hydrogen) atoms. The second kappa shape index (κ2) is 7.04. The van der Waals surface area contributed by atoms with Crippen LogP contribution in [0.25, 0.3) is 0 Å². The van der Waals surface area contributed by atoms with Crippen molar-refractivity contribution in [1.29, 1.82) is 0 Å². The molecule has 134 valence electrons. The Kier molecular flexibility index (Phi) is 4.82. The number of guanidine groups is 1. The van der Waals surface area contributed by atoms with E-state index < -0.39 is 6.36 Å². The summed E-state index contributed by atoms with van der Waals surface area (Å²) in [6, 6.07) is 5.22. The SMILES string of the molecule is NC(=NCc1noc2c1CCCC2)Nc1ccc(OC(F)(F)F)cc1. The molecule has 0 spiro atoms. The van der Waals surface area contributed by atoms with Gasteiger partial charge in [0.2, 0.25) is 0 Å². The van der Waals surface area contributed by atoms with Crippen LogP contribution in [0.15, 0.2) is 33.8 Å². The van der Waals surface area contributed by atoms with Crippen LogP contribution in [0.3, 0.4) is 0 Å². The van der Waals surface area contributed by atoms with Crippen LogP contribution in [0, 0.1) is 0 Å². The van der Waals surface area contributed by atoms with Gasteiger partial charge in [-0.1, -0.05) is 5.16 Å². The predicted octanol–water partition coefficient (Wildman–Crippen LogP) is 3.38. The topological polar surface area (TPSA) is 85.7 Å². The van der Waals surface area contributed by atoms with E-state index in [1.165, 1.54) is 24.3 Å². The molecular formula is C16H17F3N4O2. The van der Waals surface area contributed by atoms with Crippen LogP contribution in [-0.2, 0) is 19.4 Å². The lowest BCUT2D eigenvalue weighted by Gasteiger charge is -2.10. The number of anilines is 1. The van der Waals surface area contributed by atoms with Gasteiger partial charge in [-0.25, -0.2) is 4.99 Å². The van der Waals surface area contributed by atoms with Crippen molar-refractivity contribution in [3.63, 3.8) is 0 Å². The van der Waals surface area contributed by atoms with Gasteiger partial charge >= 0.3 is 6.36 Å². The van der Waals surface area contributed by atoms with E-state index in [1.807, 2.05) is 0 Å². The zero-order chi connectivity index (χ0) is 17.9. The molecule has 2 aromatic rings. The lowest BCUT2D eigenvalue weighted by atomic mass is 9.96. The molecule has 1 aliphatic carbocycles. The van der Waals surface area contributed by atoms with Crippen LogP contribution >= 0.6 is 0 Å². The number of halogens is 3. The molecule has 0 saturated heterocycles. The fourth-order valence-corrected chi connectivity index (χ4v) is 2.66. The summed E-state index contributed by atoms with van der Waals surface area (Å²) >= 11 is 0. The summed E-state index contributed by atoms with van der Waals surface area (Å²) in [5, 5.41) is 6.84. The van der Waals surface area contributed by atoms with Gasteiger partial charge in [-0.15, -0.1) is 13.2 Å². The predicted molar refractivity (Wildman–Crippen MR) is 85.2 cm³/mol. The normalized spacial score (nSPS) is 14.9. The van der Waals surface area contributed by atoms with Crippen LogP contribution in [0.4, 0.5) is 18.9 Å². The van der Waals surface area contributed by atoms with Crippen molar-refractivity contribution in [3.05, 3.63) is 41.3 Å². The number of nitrogens with two attached hydrogens (primary N) is 1. The second-order valence-corrected chi connectivity index (χ2v) is 5.64. The third-order valence-corrected chi connectivity index (χ3v) is 3.79. The fourth-order valence-electron chi connectivity index (χ4n) is 2.66. The van der Waals surface area contributed by atoms with E-state index in [0.717, 1.165) is 42.7 Å². The Morgan fingerprint density at radius 1 is 1.24 bits per heavy atom. The van der Waals surface area contributed by atoms with Crippen molar-refractivity contribution in [1.82, 2.24) is 5.16 Å². The van der Waals surface area contributed by atoms with Gasteiger partial charge in [0.05, 0.1) is 6.54 Å². The van der Waals surface area contributed by atoms with Crippen LogP contribution in [0.2, 0.25) is 0 Å². The number of aryl methyl sites for hydroxylation is 1. The maximum atomic E-state index is 12.1. The first-order chi connectivity index (χ1) is 11.9. The van der Waals surface area contributed by atoms with E-state index in [2.05, 4.69) is 20.2 Å². The number of alkyl halides is 3. The third kappa shape index (κ3) is 4.65. The summed E-state index contributed by atoms with van der Waals surface area (Å²) in [5.74, 6) is 0.753. The van der Waals surface area contributed by atoms with E-state index in [4.69, 9.17) is 10.3 Å². The Bertz CT molecular complexity index is 754. The largest absolute Gasteiger partial charge is 0.573 e. The zero-order valence-electron chi connectivity index (χ0n) is 13.3. The quantitative estimate of drug-likeness (QED) is 0.649. The first kappa shape index (κ1) is 17.1. The van der Waals surface area contributed by atoms with Crippen molar-refractivity contribution in [2.24, 2.45) is 10.7 Å². The highest BCUT2D eigenvalue weighted by Gasteiger charge is 2.30. The van der Waals surface area contributed by atoms with E-state index in [0.29, 0.717) is 5.69 Å². The summed E-state index contributed by atoms with van der Waals surface area (Å²) in [6.45, 7) is 0.285. The Hall–Kier alpha value is -2.71. The molecule has 0 amide bonds. The van der Waals surface area contributed by atoms with Crippen LogP contribution in [0.1, 0.15) is 29.9 Å². The molecule has 0 atom stereocenters. The standard InChI is InChI=1S/C16H17F3N4O2/c17-16(18,19)24-11-7-5-10(6-8-11)22-15(20)21-9-13-12-3-1-2-4-14(12)25-23-13/h5-8H,1-4,9H2,(H3,20,21,22). The number of nitrogens with one attached hydrogen (secondary N) is 1. The molecule has 0 saturated carbocycles. The zero-order valence-corrected chi connectivity index (χ0v) is 13.3. The number of benzene rings is 1. The number of rotatable bonds is 4. The average molecular weight is 354 g/mol. The minimum absolute atomic E-state index is 0.136. The molecule has 0 radical (unpaired) electrons. The molecule has 0 aliphatic heterocycles. The first-order valence-electron chi connectivity index (χ1n) is 7.80. The minimum atomic E-state index is -4.72. The van der Waals surface area contributed by atoms with Crippen LogP contribution in [-0.4, -0.2) is 17.5 Å². The van der Waals surface area contributed by atoms with E-state index in [9.17, 15) is 13.2 Å². The van der Waals surface area contributed by atoms with Gasteiger partial charge in [0, 0.05) is 17.7 Å². The number of ether oxygens (including phenoxy) is 1. The maximum absolute atomic E-state index is 12.1. The van der Waals surface area contributed by atoms with Gasteiger partial charge in [-0.2, -0.15) is 0 Å². The van der Waals surface area contributed by atoms with Crippen molar-refractivity contribution in [2.75, 3.05) is 5.32 Å². The van der Waals surface area contributed by atoms with Crippen molar-refractivity contribution in [2.45, 2.75) is 38.6 Å². The highest BCUT2D eigenvalue weighted by molar-refractivity contribution is 5.92. The third-order valence-electron chi connectivity index (χ3n) is 3.79. The van der Waals surface area contributed by atoms with E-state index in [-0.39, 0.29) is 18.3 Å². The molecule has 1 heterocycles. The molecular weight excluding hydrogens is 337 g/mol. The number of nitrogens with zero attached hydrogens (tertiary/aromatic N) is 2. The molecule has 9 heteroatoms. The van der Waals surface area contributed by atoms with Crippen LogP contribution in [0.5, 0.6) is 5.75 Å².